The van der Waals surface area contributed by atoms with Gasteiger partial charge in [-0.3, -0.25) is 0 Å². The summed E-state index contributed by atoms with van der Waals surface area (Å²) in [6, 6.07) is 3.10. The first-order chi connectivity index (χ1) is 9.90. The summed E-state index contributed by atoms with van der Waals surface area (Å²) in [5.41, 5.74) is 1.48. The summed E-state index contributed by atoms with van der Waals surface area (Å²) in [7, 11) is 5.43. The molecule has 0 unspecified atom stereocenters. The Morgan fingerprint density at radius 1 is 1.14 bits per heavy atom. The highest BCUT2D eigenvalue weighted by Crippen LogP contribution is 2.26. The second kappa shape index (κ2) is 6.21. The van der Waals surface area contributed by atoms with Gasteiger partial charge in [-0.1, -0.05) is 0 Å². The number of aryl methyl sites for hydroxylation is 1. The van der Waals surface area contributed by atoms with Crippen LogP contribution in [-0.4, -0.2) is 36.1 Å². The van der Waals surface area contributed by atoms with Crippen molar-refractivity contribution < 1.29 is 4.39 Å². The predicted octanol–water partition coefficient (Wildman–Crippen LogP) is 2.93. The van der Waals surface area contributed by atoms with Crippen molar-refractivity contribution in [1.82, 2.24) is 15.0 Å². The molecule has 21 heavy (non-hydrogen) atoms. The van der Waals surface area contributed by atoms with Gasteiger partial charge in [-0.25, -0.2) is 4.39 Å². The number of nitrogens with zero attached hydrogens (tertiary/aromatic N) is 4. The monoisotopic (exact) mass is 354 g/mol. The van der Waals surface area contributed by atoms with Crippen LogP contribution >= 0.6 is 15.9 Å². The Bertz CT molecular complexity index is 661. The largest absolute Gasteiger partial charge is 0.357 e. The van der Waals surface area contributed by atoms with Crippen molar-refractivity contribution in [1.29, 1.82) is 0 Å². The first kappa shape index (κ1) is 15.4. The maximum absolute atomic E-state index is 13.5. The van der Waals surface area contributed by atoms with E-state index in [2.05, 4.69) is 41.5 Å². The minimum Gasteiger partial charge on any atom is -0.357 e. The molecule has 0 saturated carbocycles. The fourth-order valence-electron chi connectivity index (χ4n) is 1.63. The Morgan fingerprint density at radius 3 is 2.43 bits per heavy atom. The van der Waals surface area contributed by atoms with Crippen LogP contribution in [0.25, 0.3) is 0 Å². The Hall–Kier alpha value is -1.96. The van der Waals surface area contributed by atoms with Crippen LogP contribution < -0.4 is 15.5 Å². The lowest BCUT2D eigenvalue weighted by atomic mass is 10.2. The molecule has 0 saturated heterocycles. The summed E-state index contributed by atoms with van der Waals surface area (Å²) in [5, 5.41) is 5.97. The molecule has 0 spiro atoms. The van der Waals surface area contributed by atoms with Crippen molar-refractivity contribution in [3.8, 4) is 0 Å². The van der Waals surface area contributed by atoms with Gasteiger partial charge in [0.25, 0.3) is 0 Å². The summed E-state index contributed by atoms with van der Waals surface area (Å²) >= 11 is 3.17. The van der Waals surface area contributed by atoms with Gasteiger partial charge in [0.2, 0.25) is 17.8 Å². The molecule has 0 bridgehead atoms. The zero-order valence-corrected chi connectivity index (χ0v) is 13.8. The molecule has 0 amide bonds. The highest BCUT2D eigenvalue weighted by atomic mass is 79.9. The highest BCUT2D eigenvalue weighted by Gasteiger charge is 2.10. The van der Waals surface area contributed by atoms with E-state index in [1.807, 2.05) is 21.0 Å². The molecule has 0 aliphatic rings. The third-order valence-electron chi connectivity index (χ3n) is 2.76. The van der Waals surface area contributed by atoms with Crippen molar-refractivity contribution in [2.24, 2.45) is 0 Å². The molecular formula is C13H16BrFN6. The summed E-state index contributed by atoms with van der Waals surface area (Å²) in [6.07, 6.45) is 0. The van der Waals surface area contributed by atoms with Crippen molar-refractivity contribution in [3.05, 3.63) is 28.0 Å². The number of hydrogen-bond donors (Lipinski definition) is 2. The van der Waals surface area contributed by atoms with Crippen LogP contribution in [0.15, 0.2) is 16.6 Å². The maximum atomic E-state index is 13.5. The van der Waals surface area contributed by atoms with Gasteiger partial charge in [-0.2, -0.15) is 15.0 Å². The molecule has 2 aromatic rings. The van der Waals surface area contributed by atoms with E-state index in [0.717, 1.165) is 11.3 Å². The maximum Gasteiger partial charge on any atom is 0.233 e. The van der Waals surface area contributed by atoms with Gasteiger partial charge in [0.15, 0.2) is 0 Å². The average molecular weight is 355 g/mol. The molecule has 1 aromatic carbocycles. The van der Waals surface area contributed by atoms with Gasteiger partial charge >= 0.3 is 0 Å². The number of nitrogens with one attached hydrogen (secondary N) is 2. The van der Waals surface area contributed by atoms with E-state index in [0.29, 0.717) is 22.3 Å². The molecule has 1 heterocycles. The van der Waals surface area contributed by atoms with Crippen LogP contribution in [0.4, 0.5) is 27.9 Å². The summed E-state index contributed by atoms with van der Waals surface area (Å²) in [4.78, 5) is 14.6. The topological polar surface area (TPSA) is 66.0 Å². The van der Waals surface area contributed by atoms with Crippen molar-refractivity contribution in [2.45, 2.75) is 6.92 Å². The second-order valence-electron chi connectivity index (χ2n) is 4.63. The molecule has 0 aliphatic heterocycles. The lowest BCUT2D eigenvalue weighted by Crippen LogP contribution is -2.15. The Kier molecular flexibility index (Phi) is 4.56. The van der Waals surface area contributed by atoms with E-state index >= 15 is 0 Å². The van der Waals surface area contributed by atoms with Gasteiger partial charge < -0.3 is 15.5 Å². The quantitative estimate of drug-likeness (QED) is 0.879. The van der Waals surface area contributed by atoms with Crippen LogP contribution in [0.5, 0.6) is 0 Å². The molecule has 6 nitrogen and oxygen atoms in total. The molecule has 2 rings (SSSR count). The summed E-state index contributed by atoms with van der Waals surface area (Å²) < 4.78 is 13.8. The smallest absolute Gasteiger partial charge is 0.233 e. The molecular weight excluding hydrogens is 339 g/mol. The van der Waals surface area contributed by atoms with Gasteiger partial charge in [0.05, 0.1) is 4.47 Å². The number of hydrogen-bond acceptors (Lipinski definition) is 6. The third kappa shape index (κ3) is 3.57. The van der Waals surface area contributed by atoms with Crippen molar-refractivity contribution in [3.63, 3.8) is 0 Å². The zero-order valence-electron chi connectivity index (χ0n) is 12.2. The molecule has 0 fully saturated rings. The van der Waals surface area contributed by atoms with Crippen LogP contribution in [0, 0.1) is 12.7 Å². The van der Waals surface area contributed by atoms with Crippen LogP contribution in [0.3, 0.4) is 0 Å². The minimum absolute atomic E-state index is 0.307. The second-order valence-corrected chi connectivity index (χ2v) is 5.49. The van der Waals surface area contributed by atoms with E-state index in [-0.39, 0.29) is 5.82 Å². The number of rotatable bonds is 4. The van der Waals surface area contributed by atoms with Gasteiger partial charge in [-0.05, 0) is 40.5 Å². The lowest BCUT2D eigenvalue weighted by molar-refractivity contribution is 0.620. The van der Waals surface area contributed by atoms with Crippen LogP contribution in [0.2, 0.25) is 0 Å². The molecule has 0 aliphatic carbocycles. The standard InChI is InChI=1S/C13H16BrFN6/c1-7-5-9(15)8(14)6-10(7)17-12-18-11(16-2)19-13(20-12)21(3)4/h5-6H,1-4H3,(H2,16,17,18,19,20). The van der Waals surface area contributed by atoms with Gasteiger partial charge in [-0.15, -0.1) is 0 Å². The third-order valence-corrected chi connectivity index (χ3v) is 3.37. The minimum atomic E-state index is -0.307. The molecule has 0 atom stereocenters. The first-order valence-corrected chi connectivity index (χ1v) is 7.04. The number of benzene rings is 1. The average Bonchev–Trinajstić information content (AvgIpc) is 2.44. The Morgan fingerprint density at radius 2 is 1.81 bits per heavy atom. The first-order valence-electron chi connectivity index (χ1n) is 6.24. The Balaban J connectivity index is 2.39. The predicted molar refractivity (Wildman–Crippen MR) is 85.8 cm³/mol. The van der Waals surface area contributed by atoms with Gasteiger partial charge in [0.1, 0.15) is 5.82 Å². The molecule has 112 valence electrons. The lowest BCUT2D eigenvalue weighted by Gasteiger charge is -2.14. The van der Waals surface area contributed by atoms with E-state index < -0.39 is 0 Å². The normalized spacial score (nSPS) is 10.4. The highest BCUT2D eigenvalue weighted by molar-refractivity contribution is 9.10. The zero-order chi connectivity index (χ0) is 15.6. The van der Waals surface area contributed by atoms with E-state index in [1.165, 1.54) is 6.07 Å². The van der Waals surface area contributed by atoms with Crippen LogP contribution in [-0.2, 0) is 0 Å². The van der Waals surface area contributed by atoms with Crippen molar-refractivity contribution in [2.75, 3.05) is 36.7 Å². The van der Waals surface area contributed by atoms with Crippen LogP contribution in [0.1, 0.15) is 5.56 Å². The fraction of sp³-hybridized carbons (Fsp3) is 0.308. The SMILES string of the molecule is CNc1nc(Nc2cc(Br)c(F)cc2C)nc(N(C)C)n1. The number of aromatic nitrogens is 3. The molecule has 8 heteroatoms. The molecule has 1 aromatic heterocycles. The van der Waals surface area contributed by atoms with Crippen molar-refractivity contribution >= 4 is 39.5 Å². The molecule has 0 radical (unpaired) electrons. The van der Waals surface area contributed by atoms with Gasteiger partial charge in [0, 0.05) is 26.8 Å². The summed E-state index contributed by atoms with van der Waals surface area (Å²) in [6.45, 7) is 1.81. The number of halogens is 2. The molecule has 2 N–H and O–H groups in total. The summed E-state index contributed by atoms with van der Waals surface area (Å²) in [5.74, 6) is 1.06. The van der Waals surface area contributed by atoms with E-state index in [4.69, 9.17) is 0 Å². The number of anilines is 4. The fourth-order valence-corrected chi connectivity index (χ4v) is 1.98. The Labute approximate surface area is 130 Å². The van der Waals surface area contributed by atoms with E-state index in [1.54, 1.807) is 18.0 Å². The van der Waals surface area contributed by atoms with E-state index in [9.17, 15) is 4.39 Å².